The minimum Gasteiger partial charge on any atom is -0.489 e. The molecule has 0 aliphatic heterocycles. The molecule has 0 atom stereocenters. The molecule has 3 aromatic rings. The molecule has 1 heterocycles. The minimum absolute atomic E-state index is 0.592. The molecule has 0 aliphatic rings. The Morgan fingerprint density at radius 1 is 1.00 bits per heavy atom. The Balaban J connectivity index is 1.83. The second kappa shape index (κ2) is 4.57. The van der Waals surface area contributed by atoms with Crippen molar-refractivity contribution in [2.75, 3.05) is 0 Å². The van der Waals surface area contributed by atoms with Crippen LogP contribution in [0.1, 0.15) is 11.1 Å². The monoisotopic (exact) mass is 237 g/mol. The SMILES string of the molecule is Cc1ccccc1OCc1c[nH]c2ccccc12. The van der Waals surface area contributed by atoms with E-state index in [-0.39, 0.29) is 0 Å². The van der Waals surface area contributed by atoms with Crippen LogP contribution >= 0.6 is 0 Å². The normalized spacial score (nSPS) is 10.7. The maximum atomic E-state index is 5.87. The van der Waals surface area contributed by atoms with Crippen molar-refractivity contribution in [2.45, 2.75) is 13.5 Å². The molecule has 0 spiro atoms. The van der Waals surface area contributed by atoms with Crippen molar-refractivity contribution in [1.82, 2.24) is 4.98 Å². The van der Waals surface area contributed by atoms with Crippen LogP contribution in [0.25, 0.3) is 10.9 Å². The number of nitrogens with one attached hydrogen (secondary N) is 1. The number of H-pyrrole nitrogens is 1. The lowest BCUT2D eigenvalue weighted by Crippen LogP contribution is -1.95. The van der Waals surface area contributed by atoms with Crippen LogP contribution in [0, 0.1) is 6.92 Å². The third kappa shape index (κ3) is 1.97. The molecule has 0 aliphatic carbocycles. The van der Waals surface area contributed by atoms with Gasteiger partial charge >= 0.3 is 0 Å². The molecule has 18 heavy (non-hydrogen) atoms. The average molecular weight is 237 g/mol. The molecule has 0 saturated heterocycles. The van der Waals surface area contributed by atoms with Gasteiger partial charge in [0.1, 0.15) is 12.4 Å². The maximum absolute atomic E-state index is 5.87. The van der Waals surface area contributed by atoms with Crippen molar-refractivity contribution in [3.05, 3.63) is 65.9 Å². The predicted octanol–water partition coefficient (Wildman–Crippen LogP) is 4.06. The van der Waals surface area contributed by atoms with Gasteiger partial charge in [-0.05, 0) is 24.6 Å². The van der Waals surface area contributed by atoms with E-state index in [1.807, 2.05) is 36.5 Å². The number of fused-ring (bicyclic) bond motifs is 1. The van der Waals surface area contributed by atoms with Crippen LogP contribution < -0.4 is 4.74 Å². The van der Waals surface area contributed by atoms with Crippen LogP contribution in [0.3, 0.4) is 0 Å². The average Bonchev–Trinajstić information content (AvgIpc) is 2.81. The summed E-state index contributed by atoms with van der Waals surface area (Å²) in [4.78, 5) is 3.26. The van der Waals surface area contributed by atoms with E-state index in [4.69, 9.17) is 4.74 Å². The van der Waals surface area contributed by atoms with Crippen molar-refractivity contribution in [3.63, 3.8) is 0 Å². The molecule has 3 rings (SSSR count). The van der Waals surface area contributed by atoms with E-state index >= 15 is 0 Å². The highest BCUT2D eigenvalue weighted by Crippen LogP contribution is 2.21. The summed E-state index contributed by atoms with van der Waals surface area (Å²) in [6.07, 6.45) is 2.02. The molecule has 0 amide bonds. The highest BCUT2D eigenvalue weighted by Gasteiger charge is 2.04. The van der Waals surface area contributed by atoms with Gasteiger partial charge in [0.15, 0.2) is 0 Å². The number of aromatic amines is 1. The minimum atomic E-state index is 0.592. The lowest BCUT2D eigenvalue weighted by Gasteiger charge is -2.07. The fourth-order valence-electron chi connectivity index (χ4n) is 2.12. The molecule has 0 radical (unpaired) electrons. The van der Waals surface area contributed by atoms with E-state index in [1.54, 1.807) is 0 Å². The topological polar surface area (TPSA) is 25.0 Å². The van der Waals surface area contributed by atoms with Gasteiger partial charge in [0, 0.05) is 22.7 Å². The van der Waals surface area contributed by atoms with Gasteiger partial charge in [-0.15, -0.1) is 0 Å². The molecule has 1 N–H and O–H groups in total. The molecule has 2 aromatic carbocycles. The largest absolute Gasteiger partial charge is 0.489 e. The van der Waals surface area contributed by atoms with Gasteiger partial charge in [-0.2, -0.15) is 0 Å². The second-order valence-corrected chi connectivity index (χ2v) is 4.41. The fourth-order valence-corrected chi connectivity index (χ4v) is 2.12. The Labute approximate surface area is 106 Å². The van der Waals surface area contributed by atoms with Crippen LogP contribution in [0.5, 0.6) is 5.75 Å². The Hall–Kier alpha value is -2.22. The lowest BCUT2D eigenvalue weighted by atomic mass is 10.2. The summed E-state index contributed by atoms with van der Waals surface area (Å²) >= 11 is 0. The van der Waals surface area contributed by atoms with Gasteiger partial charge in [0.05, 0.1) is 0 Å². The zero-order chi connectivity index (χ0) is 12.4. The van der Waals surface area contributed by atoms with Crippen LogP contribution in [-0.4, -0.2) is 4.98 Å². The fraction of sp³-hybridized carbons (Fsp3) is 0.125. The quantitative estimate of drug-likeness (QED) is 0.730. The van der Waals surface area contributed by atoms with Gasteiger partial charge in [-0.1, -0.05) is 36.4 Å². The van der Waals surface area contributed by atoms with Crippen LogP contribution in [-0.2, 0) is 6.61 Å². The smallest absolute Gasteiger partial charge is 0.122 e. The summed E-state index contributed by atoms with van der Waals surface area (Å²) in [6, 6.07) is 16.4. The van der Waals surface area contributed by atoms with Crippen molar-refractivity contribution >= 4 is 10.9 Å². The second-order valence-electron chi connectivity index (χ2n) is 4.41. The Morgan fingerprint density at radius 2 is 1.78 bits per heavy atom. The molecule has 0 saturated carbocycles. The summed E-state index contributed by atoms with van der Waals surface area (Å²) in [5, 5.41) is 1.23. The van der Waals surface area contributed by atoms with E-state index in [1.165, 1.54) is 10.9 Å². The van der Waals surface area contributed by atoms with Crippen LogP contribution in [0.4, 0.5) is 0 Å². The number of benzene rings is 2. The van der Waals surface area contributed by atoms with Gasteiger partial charge in [-0.25, -0.2) is 0 Å². The first kappa shape index (κ1) is 10.9. The molecule has 0 fully saturated rings. The van der Waals surface area contributed by atoms with E-state index in [9.17, 15) is 0 Å². The van der Waals surface area contributed by atoms with E-state index in [0.29, 0.717) is 6.61 Å². The summed E-state index contributed by atoms with van der Waals surface area (Å²) < 4.78 is 5.87. The van der Waals surface area contributed by atoms with Crippen molar-refractivity contribution in [2.24, 2.45) is 0 Å². The van der Waals surface area contributed by atoms with Gasteiger partial charge in [0.25, 0.3) is 0 Å². The summed E-state index contributed by atoms with van der Waals surface area (Å²) in [5.74, 6) is 0.947. The first-order valence-electron chi connectivity index (χ1n) is 6.08. The molecule has 0 unspecified atom stereocenters. The number of aromatic nitrogens is 1. The molecular formula is C16H15NO. The van der Waals surface area contributed by atoms with Gasteiger partial charge in [0.2, 0.25) is 0 Å². The first-order chi connectivity index (χ1) is 8.84. The molecule has 90 valence electrons. The zero-order valence-corrected chi connectivity index (χ0v) is 10.3. The first-order valence-corrected chi connectivity index (χ1v) is 6.08. The van der Waals surface area contributed by atoms with Crippen molar-refractivity contribution in [3.8, 4) is 5.75 Å². The number of ether oxygens (including phenoxy) is 1. The molecule has 2 heteroatoms. The van der Waals surface area contributed by atoms with Crippen LogP contribution in [0.15, 0.2) is 54.7 Å². The third-order valence-corrected chi connectivity index (χ3v) is 3.15. The number of aryl methyl sites for hydroxylation is 1. The van der Waals surface area contributed by atoms with Gasteiger partial charge < -0.3 is 9.72 Å². The summed E-state index contributed by atoms with van der Waals surface area (Å²) in [7, 11) is 0. The zero-order valence-electron chi connectivity index (χ0n) is 10.3. The van der Waals surface area contributed by atoms with E-state index < -0.39 is 0 Å². The summed E-state index contributed by atoms with van der Waals surface area (Å²) in [5.41, 5.74) is 3.51. The van der Waals surface area contributed by atoms with Gasteiger partial charge in [-0.3, -0.25) is 0 Å². The Morgan fingerprint density at radius 3 is 2.67 bits per heavy atom. The maximum Gasteiger partial charge on any atom is 0.122 e. The highest BCUT2D eigenvalue weighted by atomic mass is 16.5. The third-order valence-electron chi connectivity index (χ3n) is 3.15. The Bertz CT molecular complexity index is 669. The van der Waals surface area contributed by atoms with E-state index in [0.717, 1.165) is 16.8 Å². The number of hydrogen-bond acceptors (Lipinski definition) is 1. The molecule has 0 bridgehead atoms. The molecule has 2 nitrogen and oxygen atoms in total. The molecular weight excluding hydrogens is 222 g/mol. The number of hydrogen-bond donors (Lipinski definition) is 1. The number of rotatable bonds is 3. The molecule has 1 aromatic heterocycles. The standard InChI is InChI=1S/C16H15NO/c1-12-6-2-5-9-16(12)18-11-13-10-17-15-8-4-3-7-14(13)15/h2-10,17H,11H2,1H3. The highest BCUT2D eigenvalue weighted by molar-refractivity contribution is 5.82. The predicted molar refractivity (Wildman–Crippen MR) is 73.8 cm³/mol. The Kier molecular flexibility index (Phi) is 2.77. The summed E-state index contributed by atoms with van der Waals surface area (Å²) in [6.45, 7) is 2.65. The number of para-hydroxylation sites is 2. The lowest BCUT2D eigenvalue weighted by molar-refractivity contribution is 0.305. The van der Waals surface area contributed by atoms with Crippen molar-refractivity contribution in [1.29, 1.82) is 0 Å². The van der Waals surface area contributed by atoms with Crippen LogP contribution in [0.2, 0.25) is 0 Å². The van der Waals surface area contributed by atoms with E-state index in [2.05, 4.69) is 30.1 Å². The van der Waals surface area contributed by atoms with Crippen molar-refractivity contribution < 1.29 is 4.74 Å².